The summed E-state index contributed by atoms with van der Waals surface area (Å²) >= 11 is 0. The Kier molecular flexibility index (Phi) is 5.23. The van der Waals surface area contributed by atoms with E-state index in [9.17, 15) is 0 Å². The van der Waals surface area contributed by atoms with E-state index >= 15 is 0 Å². The van der Waals surface area contributed by atoms with Crippen molar-refractivity contribution in [3.8, 4) is 0 Å². The summed E-state index contributed by atoms with van der Waals surface area (Å²) in [6, 6.07) is 7.62. The second kappa shape index (κ2) is 6.70. The lowest BCUT2D eigenvalue weighted by Gasteiger charge is -2.07. The highest BCUT2D eigenvalue weighted by Gasteiger charge is 1.99. The fraction of sp³-hybridized carbons (Fsp3) is 0.308. The smallest absolute Gasteiger partial charge is 0.189 e. The molecule has 0 heterocycles. The van der Waals surface area contributed by atoms with Crippen LogP contribution < -0.4 is 11.1 Å². The fourth-order valence-electron chi connectivity index (χ4n) is 1.33. The summed E-state index contributed by atoms with van der Waals surface area (Å²) in [5.74, 6) is 0.390. The van der Waals surface area contributed by atoms with Gasteiger partial charge in [-0.05, 0) is 18.1 Å². The summed E-state index contributed by atoms with van der Waals surface area (Å²) < 4.78 is 0. The van der Waals surface area contributed by atoms with Crippen molar-refractivity contribution in [3.63, 3.8) is 0 Å². The van der Waals surface area contributed by atoms with Crippen LogP contribution in [0, 0.1) is 0 Å². The van der Waals surface area contributed by atoms with E-state index in [0.717, 1.165) is 16.7 Å². The molecule has 0 aliphatic carbocycles. The molecule has 4 N–H and O–H groups in total. The first-order valence-corrected chi connectivity index (χ1v) is 5.49. The van der Waals surface area contributed by atoms with Gasteiger partial charge in [-0.3, -0.25) is 0 Å². The zero-order chi connectivity index (χ0) is 12.7. The van der Waals surface area contributed by atoms with Crippen LogP contribution >= 0.6 is 0 Å². The summed E-state index contributed by atoms with van der Waals surface area (Å²) in [6.07, 6.45) is 0. The van der Waals surface area contributed by atoms with Crippen LogP contribution in [-0.4, -0.2) is 17.6 Å². The highest BCUT2D eigenvalue weighted by Crippen LogP contribution is 2.09. The van der Waals surface area contributed by atoms with Crippen LogP contribution in [0.3, 0.4) is 0 Å². The van der Waals surface area contributed by atoms with Crippen molar-refractivity contribution in [2.24, 2.45) is 10.7 Å². The van der Waals surface area contributed by atoms with Crippen molar-refractivity contribution < 1.29 is 5.11 Å². The average molecular weight is 233 g/mol. The number of aliphatic hydroxyl groups is 1. The number of nitrogens with one attached hydrogen (secondary N) is 1. The molecule has 0 radical (unpaired) electrons. The second-order valence-electron chi connectivity index (χ2n) is 3.94. The molecule has 0 aliphatic heterocycles. The zero-order valence-corrected chi connectivity index (χ0v) is 10.1. The van der Waals surface area contributed by atoms with Crippen molar-refractivity contribution in [2.75, 3.05) is 6.54 Å². The summed E-state index contributed by atoms with van der Waals surface area (Å²) in [5, 5.41) is 12.1. The molecule has 4 heteroatoms. The molecule has 1 aromatic carbocycles. The van der Waals surface area contributed by atoms with E-state index in [2.05, 4.69) is 16.9 Å². The predicted octanol–water partition coefficient (Wildman–Crippen LogP) is 1.16. The number of hydrogen-bond donors (Lipinski definition) is 3. The van der Waals surface area contributed by atoms with Crippen molar-refractivity contribution in [1.82, 2.24) is 5.32 Å². The Labute approximate surface area is 102 Å². The molecular formula is C13H19N3O. The third-order valence-electron chi connectivity index (χ3n) is 2.28. The Balaban J connectivity index is 2.59. The largest absolute Gasteiger partial charge is 0.392 e. The minimum Gasteiger partial charge on any atom is -0.392 e. The average Bonchev–Trinajstić information content (AvgIpc) is 2.34. The third kappa shape index (κ3) is 4.70. The van der Waals surface area contributed by atoms with Crippen LogP contribution in [0.4, 0.5) is 0 Å². The number of aliphatic imine (C=N–C) groups is 1. The quantitative estimate of drug-likeness (QED) is 0.406. The number of guanidine groups is 1. The van der Waals surface area contributed by atoms with E-state index in [1.807, 2.05) is 31.2 Å². The number of nitrogens with two attached hydrogens (primary N) is 1. The van der Waals surface area contributed by atoms with Gasteiger partial charge in [0.1, 0.15) is 0 Å². The van der Waals surface area contributed by atoms with E-state index in [1.165, 1.54) is 0 Å². The summed E-state index contributed by atoms with van der Waals surface area (Å²) in [6.45, 7) is 6.79. The highest BCUT2D eigenvalue weighted by molar-refractivity contribution is 5.78. The Morgan fingerprint density at radius 1 is 1.41 bits per heavy atom. The van der Waals surface area contributed by atoms with Gasteiger partial charge in [-0.2, -0.15) is 0 Å². The van der Waals surface area contributed by atoms with E-state index in [0.29, 0.717) is 19.0 Å². The predicted molar refractivity (Wildman–Crippen MR) is 70.5 cm³/mol. The lowest BCUT2D eigenvalue weighted by atomic mass is 10.1. The molecule has 1 aromatic rings. The summed E-state index contributed by atoms with van der Waals surface area (Å²) in [7, 11) is 0. The number of aliphatic hydroxyl groups excluding tert-OH is 1. The molecule has 0 fully saturated rings. The van der Waals surface area contributed by atoms with Crippen molar-refractivity contribution in [1.29, 1.82) is 0 Å². The SMILES string of the molecule is C=C(C)CNC(N)=NCc1ccccc1CO. The minimum atomic E-state index is 0.0186. The maximum atomic E-state index is 9.15. The zero-order valence-electron chi connectivity index (χ0n) is 10.1. The molecule has 0 aliphatic rings. The second-order valence-corrected chi connectivity index (χ2v) is 3.94. The van der Waals surface area contributed by atoms with Gasteiger partial charge in [0, 0.05) is 6.54 Å². The van der Waals surface area contributed by atoms with E-state index in [4.69, 9.17) is 10.8 Å². The fourth-order valence-corrected chi connectivity index (χ4v) is 1.33. The van der Waals surface area contributed by atoms with Gasteiger partial charge in [0.2, 0.25) is 0 Å². The lowest BCUT2D eigenvalue weighted by molar-refractivity contribution is 0.280. The molecule has 0 saturated carbocycles. The van der Waals surface area contributed by atoms with Crippen molar-refractivity contribution in [3.05, 3.63) is 47.5 Å². The Hall–Kier alpha value is -1.81. The summed E-state index contributed by atoms with van der Waals surface area (Å²) in [4.78, 5) is 4.21. The van der Waals surface area contributed by atoms with Crippen LogP contribution in [0.25, 0.3) is 0 Å². The molecule has 1 rings (SSSR count). The molecule has 0 amide bonds. The van der Waals surface area contributed by atoms with Gasteiger partial charge >= 0.3 is 0 Å². The Bertz CT molecular complexity index is 413. The van der Waals surface area contributed by atoms with Crippen LogP contribution in [0.5, 0.6) is 0 Å². The Morgan fingerprint density at radius 3 is 2.65 bits per heavy atom. The van der Waals surface area contributed by atoms with E-state index in [1.54, 1.807) is 0 Å². The minimum absolute atomic E-state index is 0.0186. The van der Waals surface area contributed by atoms with E-state index in [-0.39, 0.29) is 6.61 Å². The van der Waals surface area contributed by atoms with Crippen molar-refractivity contribution in [2.45, 2.75) is 20.1 Å². The first-order valence-electron chi connectivity index (χ1n) is 5.49. The first kappa shape index (κ1) is 13.3. The van der Waals surface area contributed by atoms with Gasteiger partial charge in [0.05, 0.1) is 13.2 Å². The van der Waals surface area contributed by atoms with Crippen molar-refractivity contribution >= 4 is 5.96 Å². The third-order valence-corrected chi connectivity index (χ3v) is 2.28. The maximum Gasteiger partial charge on any atom is 0.189 e. The first-order chi connectivity index (χ1) is 8.13. The molecule has 0 atom stereocenters. The summed E-state index contributed by atoms with van der Waals surface area (Å²) in [5.41, 5.74) is 8.56. The molecule has 4 nitrogen and oxygen atoms in total. The highest BCUT2D eigenvalue weighted by atomic mass is 16.3. The van der Waals surface area contributed by atoms with E-state index < -0.39 is 0 Å². The molecule has 0 bridgehead atoms. The standard InChI is InChI=1S/C13H19N3O/c1-10(2)7-15-13(14)16-8-11-5-3-4-6-12(11)9-17/h3-6,17H,1,7-9H2,2H3,(H3,14,15,16). The van der Waals surface area contributed by atoms with Gasteiger partial charge in [-0.25, -0.2) is 4.99 Å². The molecule has 17 heavy (non-hydrogen) atoms. The van der Waals surface area contributed by atoms with Gasteiger partial charge in [0.25, 0.3) is 0 Å². The van der Waals surface area contributed by atoms with Crippen LogP contribution in [0.15, 0.2) is 41.4 Å². The monoisotopic (exact) mass is 233 g/mol. The van der Waals surface area contributed by atoms with Gasteiger partial charge in [-0.1, -0.05) is 36.4 Å². The molecule has 0 unspecified atom stereocenters. The molecule has 0 aromatic heterocycles. The molecule has 0 saturated heterocycles. The molecule has 0 spiro atoms. The molecule has 92 valence electrons. The van der Waals surface area contributed by atoms with Crippen LogP contribution in [0.1, 0.15) is 18.1 Å². The number of nitrogens with zero attached hydrogens (tertiary/aromatic N) is 1. The van der Waals surface area contributed by atoms with Gasteiger partial charge < -0.3 is 16.2 Å². The van der Waals surface area contributed by atoms with Gasteiger partial charge in [0.15, 0.2) is 5.96 Å². The normalized spacial score (nSPS) is 11.3. The molecular weight excluding hydrogens is 214 g/mol. The maximum absolute atomic E-state index is 9.15. The number of rotatable bonds is 5. The number of hydrogen-bond acceptors (Lipinski definition) is 2. The van der Waals surface area contributed by atoms with Crippen LogP contribution in [0.2, 0.25) is 0 Å². The Morgan fingerprint density at radius 2 is 2.06 bits per heavy atom. The number of benzene rings is 1. The topological polar surface area (TPSA) is 70.6 Å². The van der Waals surface area contributed by atoms with Crippen LogP contribution in [-0.2, 0) is 13.2 Å². The van der Waals surface area contributed by atoms with Gasteiger partial charge in [-0.15, -0.1) is 0 Å². The lowest BCUT2D eigenvalue weighted by Crippen LogP contribution is -2.32.